The molecule has 0 radical (unpaired) electrons. The molecule has 0 bridgehead atoms. The van der Waals surface area contributed by atoms with Crippen LogP contribution in [-0.2, 0) is 18.3 Å². The van der Waals surface area contributed by atoms with Crippen LogP contribution in [0.3, 0.4) is 0 Å². The lowest BCUT2D eigenvalue weighted by molar-refractivity contribution is -0.123. The van der Waals surface area contributed by atoms with Crippen LogP contribution in [0, 0.1) is 5.82 Å². The Kier molecular flexibility index (Phi) is 5.05. The standard InChI is InChI=1S/C15H19FN4O/c1-17-14(12-9-19-20(2)10-12)15(21)18-8-7-11-5-3-4-6-13(11)16/h3-6,9-10,14,17H,7-8H2,1-2H3,(H,18,21). The summed E-state index contributed by atoms with van der Waals surface area (Å²) in [6, 6.07) is 6.11. The van der Waals surface area contributed by atoms with E-state index in [1.165, 1.54) is 6.07 Å². The minimum atomic E-state index is -0.459. The second-order valence-electron chi connectivity index (χ2n) is 4.80. The molecule has 112 valence electrons. The Morgan fingerprint density at radius 1 is 1.43 bits per heavy atom. The van der Waals surface area contributed by atoms with Gasteiger partial charge in [-0.15, -0.1) is 0 Å². The SMILES string of the molecule is CNC(C(=O)NCCc1ccccc1F)c1cnn(C)c1. The third kappa shape index (κ3) is 3.88. The number of likely N-dealkylation sites (N-methyl/N-ethyl adjacent to an activating group) is 1. The first kappa shape index (κ1) is 15.2. The summed E-state index contributed by atoms with van der Waals surface area (Å²) in [6.45, 7) is 0.387. The van der Waals surface area contributed by atoms with Gasteiger partial charge in [0, 0.05) is 25.4 Å². The Labute approximate surface area is 123 Å². The fraction of sp³-hybridized carbons (Fsp3) is 0.333. The number of aromatic nitrogens is 2. The van der Waals surface area contributed by atoms with E-state index in [-0.39, 0.29) is 11.7 Å². The first-order valence-electron chi connectivity index (χ1n) is 6.78. The summed E-state index contributed by atoms with van der Waals surface area (Å²) in [6.07, 6.45) is 3.90. The summed E-state index contributed by atoms with van der Waals surface area (Å²) in [5.41, 5.74) is 1.39. The van der Waals surface area contributed by atoms with Crippen LogP contribution in [0.1, 0.15) is 17.2 Å². The van der Waals surface area contributed by atoms with Gasteiger partial charge in [-0.05, 0) is 25.1 Å². The van der Waals surface area contributed by atoms with Crippen LogP contribution >= 0.6 is 0 Å². The molecule has 21 heavy (non-hydrogen) atoms. The van der Waals surface area contributed by atoms with Crippen molar-refractivity contribution >= 4 is 5.91 Å². The monoisotopic (exact) mass is 290 g/mol. The molecule has 6 heteroatoms. The Bertz CT molecular complexity index is 611. The molecular formula is C15H19FN4O. The Balaban J connectivity index is 1.90. The molecule has 1 heterocycles. The van der Waals surface area contributed by atoms with Gasteiger partial charge in [0.15, 0.2) is 0 Å². The maximum atomic E-state index is 13.5. The van der Waals surface area contributed by atoms with Gasteiger partial charge in [0.05, 0.1) is 6.20 Å². The number of hydrogen-bond acceptors (Lipinski definition) is 3. The smallest absolute Gasteiger partial charge is 0.241 e. The topological polar surface area (TPSA) is 59.0 Å². The molecule has 0 aliphatic rings. The second-order valence-corrected chi connectivity index (χ2v) is 4.80. The molecule has 0 fully saturated rings. The minimum absolute atomic E-state index is 0.151. The maximum Gasteiger partial charge on any atom is 0.241 e. The van der Waals surface area contributed by atoms with E-state index in [1.54, 1.807) is 49.4 Å². The van der Waals surface area contributed by atoms with Crippen LogP contribution in [0.5, 0.6) is 0 Å². The summed E-state index contributed by atoms with van der Waals surface area (Å²) in [4.78, 5) is 12.2. The van der Waals surface area contributed by atoms with Gasteiger partial charge in [-0.25, -0.2) is 4.39 Å². The van der Waals surface area contributed by atoms with E-state index >= 15 is 0 Å². The van der Waals surface area contributed by atoms with E-state index in [4.69, 9.17) is 0 Å². The highest BCUT2D eigenvalue weighted by Gasteiger charge is 2.19. The van der Waals surface area contributed by atoms with Crippen molar-refractivity contribution in [1.29, 1.82) is 0 Å². The maximum absolute atomic E-state index is 13.5. The van der Waals surface area contributed by atoms with Crippen LogP contribution in [0.2, 0.25) is 0 Å². The number of halogens is 1. The molecule has 1 atom stereocenters. The van der Waals surface area contributed by atoms with Crippen molar-refractivity contribution in [1.82, 2.24) is 20.4 Å². The second kappa shape index (κ2) is 6.99. The van der Waals surface area contributed by atoms with Crippen molar-refractivity contribution in [3.05, 3.63) is 53.6 Å². The molecule has 0 saturated heterocycles. The molecule has 1 unspecified atom stereocenters. The average molecular weight is 290 g/mol. The Hall–Kier alpha value is -2.21. The van der Waals surface area contributed by atoms with Gasteiger partial charge in [0.2, 0.25) is 5.91 Å². The molecule has 5 nitrogen and oxygen atoms in total. The van der Waals surface area contributed by atoms with Gasteiger partial charge >= 0.3 is 0 Å². The first-order chi connectivity index (χ1) is 10.1. The summed E-state index contributed by atoms with van der Waals surface area (Å²) in [5, 5.41) is 9.82. The zero-order chi connectivity index (χ0) is 15.2. The van der Waals surface area contributed by atoms with Crippen molar-refractivity contribution in [3.63, 3.8) is 0 Å². The van der Waals surface area contributed by atoms with Gasteiger partial charge in [-0.2, -0.15) is 5.10 Å². The third-order valence-electron chi connectivity index (χ3n) is 3.26. The van der Waals surface area contributed by atoms with Crippen molar-refractivity contribution < 1.29 is 9.18 Å². The van der Waals surface area contributed by atoms with Crippen molar-refractivity contribution in [2.75, 3.05) is 13.6 Å². The lowest BCUT2D eigenvalue weighted by atomic mass is 10.1. The molecule has 2 N–H and O–H groups in total. The number of aryl methyl sites for hydroxylation is 1. The lowest BCUT2D eigenvalue weighted by Gasteiger charge is -2.14. The fourth-order valence-electron chi connectivity index (χ4n) is 2.16. The predicted molar refractivity (Wildman–Crippen MR) is 78.1 cm³/mol. The van der Waals surface area contributed by atoms with E-state index in [1.807, 2.05) is 0 Å². The number of hydrogen-bond donors (Lipinski definition) is 2. The van der Waals surface area contributed by atoms with Gasteiger partial charge in [0.1, 0.15) is 11.9 Å². The van der Waals surface area contributed by atoms with Gasteiger partial charge in [0.25, 0.3) is 0 Å². The normalized spacial score (nSPS) is 12.1. The lowest BCUT2D eigenvalue weighted by Crippen LogP contribution is -2.36. The summed E-state index contributed by atoms with van der Waals surface area (Å²) < 4.78 is 15.1. The minimum Gasteiger partial charge on any atom is -0.354 e. The highest BCUT2D eigenvalue weighted by Crippen LogP contribution is 2.11. The number of amides is 1. The average Bonchev–Trinajstić information content (AvgIpc) is 2.88. The number of nitrogens with zero attached hydrogens (tertiary/aromatic N) is 2. The van der Waals surface area contributed by atoms with E-state index in [0.29, 0.717) is 18.5 Å². The highest BCUT2D eigenvalue weighted by atomic mass is 19.1. The largest absolute Gasteiger partial charge is 0.354 e. The van der Waals surface area contributed by atoms with Gasteiger partial charge in [-0.1, -0.05) is 18.2 Å². The van der Waals surface area contributed by atoms with E-state index in [9.17, 15) is 9.18 Å². The molecule has 0 spiro atoms. The molecule has 0 saturated carbocycles. The molecule has 0 aliphatic carbocycles. The number of carbonyl (C=O) groups is 1. The van der Waals surface area contributed by atoms with Crippen LogP contribution in [0.4, 0.5) is 4.39 Å². The molecule has 2 rings (SSSR count). The molecule has 1 aromatic carbocycles. The zero-order valence-electron chi connectivity index (χ0n) is 12.1. The number of rotatable bonds is 6. The number of nitrogens with one attached hydrogen (secondary N) is 2. The van der Waals surface area contributed by atoms with E-state index < -0.39 is 6.04 Å². The predicted octanol–water partition coefficient (Wildman–Crippen LogP) is 1.18. The molecule has 0 aliphatic heterocycles. The summed E-state index contributed by atoms with van der Waals surface area (Å²) >= 11 is 0. The Morgan fingerprint density at radius 3 is 2.81 bits per heavy atom. The van der Waals surface area contributed by atoms with Crippen LogP contribution in [0.25, 0.3) is 0 Å². The number of carbonyl (C=O) groups excluding carboxylic acids is 1. The van der Waals surface area contributed by atoms with Crippen LogP contribution < -0.4 is 10.6 Å². The Morgan fingerprint density at radius 2 is 2.19 bits per heavy atom. The van der Waals surface area contributed by atoms with E-state index in [0.717, 1.165) is 5.56 Å². The first-order valence-corrected chi connectivity index (χ1v) is 6.78. The van der Waals surface area contributed by atoms with Crippen molar-refractivity contribution in [2.24, 2.45) is 7.05 Å². The quantitative estimate of drug-likeness (QED) is 0.840. The van der Waals surface area contributed by atoms with Gasteiger partial charge in [-0.3, -0.25) is 9.48 Å². The van der Waals surface area contributed by atoms with Crippen molar-refractivity contribution in [3.8, 4) is 0 Å². The number of benzene rings is 1. The van der Waals surface area contributed by atoms with Crippen molar-refractivity contribution in [2.45, 2.75) is 12.5 Å². The molecule has 1 amide bonds. The highest BCUT2D eigenvalue weighted by molar-refractivity contribution is 5.83. The van der Waals surface area contributed by atoms with Crippen LogP contribution in [-0.4, -0.2) is 29.3 Å². The zero-order valence-corrected chi connectivity index (χ0v) is 12.1. The molecular weight excluding hydrogens is 271 g/mol. The summed E-state index contributed by atoms with van der Waals surface area (Å²) in [7, 11) is 3.51. The van der Waals surface area contributed by atoms with E-state index in [2.05, 4.69) is 15.7 Å². The third-order valence-corrected chi connectivity index (χ3v) is 3.26. The summed E-state index contributed by atoms with van der Waals surface area (Å²) in [5.74, 6) is -0.397. The van der Waals surface area contributed by atoms with Gasteiger partial charge < -0.3 is 10.6 Å². The molecule has 1 aromatic heterocycles. The molecule has 2 aromatic rings. The fourth-order valence-corrected chi connectivity index (χ4v) is 2.16. The van der Waals surface area contributed by atoms with Crippen LogP contribution in [0.15, 0.2) is 36.7 Å².